The quantitative estimate of drug-likeness (QED) is 0.112. The third-order valence-electron chi connectivity index (χ3n) is 8.96. The van der Waals surface area contributed by atoms with Crippen molar-refractivity contribution in [3.05, 3.63) is 57.2 Å². The maximum absolute atomic E-state index is 14.2. The Balaban J connectivity index is 0.00000221. The summed E-state index contributed by atoms with van der Waals surface area (Å²) >= 11 is 6.44. The predicted octanol–water partition coefficient (Wildman–Crippen LogP) is -0.770. The number of thiocarbonyl (C=S) groups is 1. The molecule has 12 nitrogen and oxygen atoms in total. The number of Topliss-reactive ketones (excluding diaryl/α,β-unsaturated/α-hetero) is 1. The fourth-order valence-electron chi connectivity index (χ4n) is 6.74. The summed E-state index contributed by atoms with van der Waals surface area (Å²) < 4.78 is 13.2. The number of nitrogens with zero attached hydrogens (tertiary/aromatic N) is 5. The second kappa shape index (κ2) is 13.4. The van der Waals surface area contributed by atoms with E-state index in [1.54, 1.807) is 18.0 Å². The van der Waals surface area contributed by atoms with Crippen LogP contribution in [0.4, 0.5) is 10.1 Å². The summed E-state index contributed by atoms with van der Waals surface area (Å²) in [5.41, 5.74) is 1.27. The van der Waals surface area contributed by atoms with Gasteiger partial charge in [-0.25, -0.2) is 14.2 Å². The molecule has 3 fully saturated rings. The molecule has 1 aromatic carbocycles. The number of carboxylic acids is 2. The Morgan fingerprint density at radius 2 is 1.91 bits per heavy atom. The summed E-state index contributed by atoms with van der Waals surface area (Å²) in [5, 5.41) is 50.4. The number of ketones is 1. The van der Waals surface area contributed by atoms with Crippen molar-refractivity contribution in [2.24, 2.45) is 5.92 Å². The zero-order valence-electron chi connectivity index (χ0n) is 22.7. The third kappa shape index (κ3) is 5.81. The maximum atomic E-state index is 14.2. The van der Waals surface area contributed by atoms with Crippen LogP contribution < -0.4 is 9.70 Å². The van der Waals surface area contributed by atoms with E-state index in [1.807, 2.05) is 5.01 Å². The van der Waals surface area contributed by atoms with Gasteiger partial charge < -0.3 is 30.0 Å². The molecule has 228 valence electrons. The van der Waals surface area contributed by atoms with E-state index in [9.17, 15) is 39.3 Å². The molecule has 1 saturated carbocycles. The molecule has 2 unspecified atom stereocenters. The van der Waals surface area contributed by atoms with Gasteiger partial charge in [0.2, 0.25) is 5.78 Å². The molecular formula is C27H32FN5Na2O7S2. The van der Waals surface area contributed by atoms with Crippen LogP contribution in [-0.4, -0.2) is 169 Å². The fraction of sp³-hybridized carbons (Fsp3) is 0.481. The van der Waals surface area contributed by atoms with Gasteiger partial charge in [0.1, 0.15) is 24.0 Å². The van der Waals surface area contributed by atoms with Crippen LogP contribution in [-0.2, 0) is 9.59 Å². The molecule has 2 saturated heterocycles. The average molecular weight is 668 g/mol. The van der Waals surface area contributed by atoms with E-state index in [1.165, 1.54) is 17.8 Å². The standard InChI is InChI=1S/C27H30FN5O7S2.2Na.2H/c1-15(34)19-13-33(40)23(27(38)39)22(42-25(19)33)11-30(14-41)29-6-8-31(9-7-29)32(17-3-4-17)12-20(26(36)37)24(35)18-10-16(28)2-5-21(18)32;;;;/h2,5,10,12,14-15,17,19,25,34H,3-4,6-9,11,13H2,1H3,(H-,36,37,38,39);;;;/t15-,19+,25-,32?,33?;;;;/m1..../s1. The van der Waals surface area contributed by atoms with Crippen LogP contribution in [0.2, 0.25) is 0 Å². The number of quaternary nitrogens is 2. The molecule has 1 aromatic rings. The van der Waals surface area contributed by atoms with Crippen molar-refractivity contribution >= 4 is 112 Å². The van der Waals surface area contributed by atoms with Gasteiger partial charge in [-0.15, -0.1) is 5.01 Å². The number of thioether (sulfide) groups is 1. The van der Waals surface area contributed by atoms with Gasteiger partial charge in [0, 0.05) is 32.0 Å². The molecule has 44 heavy (non-hydrogen) atoms. The van der Waals surface area contributed by atoms with E-state index >= 15 is 0 Å². The van der Waals surface area contributed by atoms with Crippen molar-refractivity contribution in [3.8, 4) is 0 Å². The number of aliphatic hydroxyl groups excluding tert-OH is 1. The number of aliphatic carboxylic acids is 2. The van der Waals surface area contributed by atoms with E-state index in [-0.39, 0.29) is 100 Å². The first-order chi connectivity index (χ1) is 19.9. The van der Waals surface area contributed by atoms with E-state index < -0.39 is 45.2 Å². The molecule has 2 N–H and O–H groups in total. The van der Waals surface area contributed by atoms with Crippen LogP contribution in [0.15, 0.2) is 40.6 Å². The van der Waals surface area contributed by atoms with Crippen molar-refractivity contribution in [1.82, 2.24) is 19.6 Å². The van der Waals surface area contributed by atoms with E-state index in [0.29, 0.717) is 36.8 Å². The Labute approximate surface area is 307 Å². The van der Waals surface area contributed by atoms with Crippen LogP contribution in [0, 0.1) is 16.9 Å². The minimum atomic E-state index is -1.53. The molecule has 4 aliphatic heterocycles. The molecule has 5 aliphatic rings. The van der Waals surface area contributed by atoms with Crippen LogP contribution in [0.1, 0.15) is 30.1 Å². The summed E-state index contributed by atoms with van der Waals surface area (Å²) in [6.45, 7) is 3.33. The van der Waals surface area contributed by atoms with Crippen LogP contribution in [0.5, 0.6) is 0 Å². The first kappa shape index (κ1) is 36.1. The number of rotatable bonds is 9. The number of hydrazine groups is 1. The molecule has 5 atom stereocenters. The van der Waals surface area contributed by atoms with Gasteiger partial charge in [-0.1, -0.05) is 24.0 Å². The first-order valence-corrected chi connectivity index (χ1v) is 15.1. The third-order valence-corrected chi connectivity index (χ3v) is 10.7. The summed E-state index contributed by atoms with van der Waals surface area (Å²) in [5.74, 6) is -4.56. The summed E-state index contributed by atoms with van der Waals surface area (Å²) in [4.78, 5) is 37.5. The zero-order valence-corrected chi connectivity index (χ0v) is 24.4. The van der Waals surface area contributed by atoms with Gasteiger partial charge in [-0.3, -0.25) is 9.80 Å². The minimum absolute atomic E-state index is 0. The Morgan fingerprint density at radius 3 is 2.45 bits per heavy atom. The number of hydrogen-bond donors (Lipinski definition) is 2. The molecule has 0 bridgehead atoms. The van der Waals surface area contributed by atoms with E-state index in [4.69, 9.17) is 12.2 Å². The number of hydroxylamine groups is 3. The molecular weight excluding hydrogens is 635 g/mol. The number of aliphatic hydroxyl groups is 1. The molecule has 0 amide bonds. The number of hydrogen-bond acceptors (Lipinski definition) is 10. The number of halogens is 1. The molecule has 4 heterocycles. The molecule has 6 rings (SSSR count). The molecule has 0 aromatic heterocycles. The Morgan fingerprint density at radius 1 is 1.25 bits per heavy atom. The second-order valence-corrected chi connectivity index (χ2v) is 12.8. The van der Waals surface area contributed by atoms with Gasteiger partial charge in [-0.2, -0.15) is 4.59 Å². The number of piperazine rings is 1. The number of benzene rings is 1. The summed E-state index contributed by atoms with van der Waals surface area (Å²) in [6, 6.07) is 3.94. The molecule has 17 heteroatoms. The van der Waals surface area contributed by atoms with E-state index in [0.717, 1.165) is 30.7 Å². The number of carbonyl (C=O) groups excluding carboxylic acids is 2. The van der Waals surface area contributed by atoms with Crippen LogP contribution in [0.25, 0.3) is 0 Å². The van der Waals surface area contributed by atoms with Gasteiger partial charge in [-0.05, 0) is 19.1 Å². The van der Waals surface area contributed by atoms with E-state index in [2.05, 4.69) is 5.01 Å². The van der Waals surface area contributed by atoms with Crippen molar-refractivity contribution in [1.29, 1.82) is 0 Å². The first-order valence-electron chi connectivity index (χ1n) is 13.7. The number of carboxylic acid groups (broad SMARTS) is 2. The molecule has 1 aliphatic carbocycles. The molecule has 0 radical (unpaired) electrons. The predicted molar refractivity (Wildman–Crippen MR) is 166 cm³/mol. The van der Waals surface area contributed by atoms with Crippen molar-refractivity contribution < 1.29 is 38.7 Å². The van der Waals surface area contributed by atoms with Gasteiger partial charge in [0.25, 0.3) is 0 Å². The van der Waals surface area contributed by atoms with Crippen molar-refractivity contribution in [3.63, 3.8) is 0 Å². The van der Waals surface area contributed by atoms with Crippen molar-refractivity contribution in [2.45, 2.75) is 37.3 Å². The van der Waals surface area contributed by atoms with Crippen molar-refractivity contribution in [2.75, 3.05) is 39.3 Å². The van der Waals surface area contributed by atoms with Crippen LogP contribution >= 0.6 is 24.0 Å². The normalized spacial score (nSPS) is 30.5. The van der Waals surface area contributed by atoms with Gasteiger partial charge in [0.15, 0.2) is 22.3 Å². The number of fused-ring (bicyclic) bond motifs is 2. The topological polar surface area (TPSA) is 148 Å². The molecule has 0 spiro atoms. The Kier molecular flexibility index (Phi) is 11.0. The number of carbonyl (C=O) groups is 3. The average Bonchev–Trinajstić information content (AvgIpc) is 3.76. The van der Waals surface area contributed by atoms with Gasteiger partial charge >= 0.3 is 65.1 Å². The summed E-state index contributed by atoms with van der Waals surface area (Å²) in [6.07, 6.45) is 2.36. The fourth-order valence-corrected chi connectivity index (χ4v) is 8.64. The second-order valence-electron chi connectivity index (χ2n) is 11.4. The van der Waals surface area contributed by atoms with Gasteiger partial charge in [0.05, 0.1) is 54.2 Å². The SMILES string of the molecule is C[C@@H](O)[C@@H]1C[N+]2([O-])C(C(=O)[O-])=C(CN(C=S)N3CCN([N+]4(C5CC5)C=C(C(=O)O)C(=O)c5cc(F)ccc54)CC3)S[C@H]12.[NaH].[NaH]. The monoisotopic (exact) mass is 667 g/mol. The Hall–Kier alpha value is -0.760. The van der Waals surface area contributed by atoms with Crippen LogP contribution in [0.3, 0.4) is 0 Å². The Bertz CT molecular complexity index is 1460. The summed E-state index contributed by atoms with van der Waals surface area (Å²) in [7, 11) is 0. The zero-order chi connectivity index (χ0) is 30.1.